The van der Waals surface area contributed by atoms with E-state index in [-0.39, 0.29) is 53.5 Å². The van der Waals surface area contributed by atoms with Gasteiger partial charge in [0.05, 0.1) is 5.92 Å². The van der Waals surface area contributed by atoms with Crippen LogP contribution in [-0.2, 0) is 36.8 Å². The standard InChI is InChI=1S/C48H58N6O9/c1-5-6-9-30-11-14-32(15-12-30)33-16-18-34(19-17-33)45(59)50-27-28(2)43(57)52-38(10-7-8-23-49)47(61)54(4)42-35-20-22-41(56)37(26-35)36-24-31(13-21-40(36)55)25-39(48(62)63)53-44(58)29(3)51-46(42)60/h11-22,24,26,28-29,38-39,42,55-56H,5-10,23,25,27,49H2,1-4H3,(H,50,59)(H,51,60)(H,52,57)(H,53,58)(H,62,63)/t28?,29-,38-,39-,42-/m0/s1. The molecule has 15 heteroatoms. The van der Waals surface area contributed by atoms with E-state index in [0.29, 0.717) is 30.5 Å². The lowest BCUT2D eigenvalue weighted by molar-refractivity contribution is -0.144. The molecule has 4 aromatic rings. The summed E-state index contributed by atoms with van der Waals surface area (Å²) in [6.07, 6.45) is 4.26. The van der Waals surface area contributed by atoms with Gasteiger partial charge in [-0.1, -0.05) is 68.8 Å². The normalized spacial score (nSPS) is 17.3. The molecule has 0 radical (unpaired) electrons. The zero-order valence-corrected chi connectivity index (χ0v) is 36.1. The van der Waals surface area contributed by atoms with Gasteiger partial charge in [0.25, 0.3) is 5.91 Å². The van der Waals surface area contributed by atoms with Gasteiger partial charge in [0.15, 0.2) is 0 Å². The van der Waals surface area contributed by atoms with Crippen LogP contribution in [0.4, 0.5) is 0 Å². The maximum Gasteiger partial charge on any atom is 0.326 e. The van der Waals surface area contributed by atoms with E-state index in [2.05, 4.69) is 52.5 Å². The summed E-state index contributed by atoms with van der Waals surface area (Å²) in [5.41, 5.74) is 10.3. The van der Waals surface area contributed by atoms with Crippen LogP contribution in [0.3, 0.4) is 0 Å². The SMILES string of the molecule is CCCCc1ccc(-c2ccc(C(=O)NCC(C)C(=O)N[C@@H](CCCCN)C(=O)N(C)[C@@H]3C(=O)N[C@@H](C)C(=O)N[C@H](C(=O)O)Cc4ccc(O)c(c4)-c4cc3ccc4O)cc2)cc1. The molecular formula is C48H58N6O9. The van der Waals surface area contributed by atoms with Gasteiger partial charge < -0.3 is 47.2 Å². The summed E-state index contributed by atoms with van der Waals surface area (Å²) in [4.78, 5) is 82.0. The Morgan fingerprint density at radius 3 is 2.11 bits per heavy atom. The number of carbonyl (C=O) groups excluding carboxylic acids is 5. The smallest absolute Gasteiger partial charge is 0.326 e. The molecule has 1 aliphatic rings. The zero-order chi connectivity index (χ0) is 45.8. The average Bonchev–Trinajstić information content (AvgIpc) is 3.27. The van der Waals surface area contributed by atoms with Crippen LogP contribution in [0.2, 0.25) is 0 Å². The number of amides is 5. The number of aromatic hydroxyl groups is 2. The summed E-state index contributed by atoms with van der Waals surface area (Å²) in [6, 6.07) is 18.8. The van der Waals surface area contributed by atoms with Crippen molar-refractivity contribution in [2.45, 2.75) is 89.9 Å². The zero-order valence-electron chi connectivity index (χ0n) is 36.1. The van der Waals surface area contributed by atoms with E-state index in [0.717, 1.165) is 35.3 Å². The molecule has 5 rings (SSSR count). The van der Waals surface area contributed by atoms with E-state index < -0.39 is 59.7 Å². The number of aliphatic carboxylic acids is 1. The number of phenols is 2. The van der Waals surface area contributed by atoms with Crippen molar-refractivity contribution in [2.75, 3.05) is 20.1 Å². The first-order valence-corrected chi connectivity index (χ1v) is 21.3. The lowest BCUT2D eigenvalue weighted by atomic mass is 9.93. The first-order chi connectivity index (χ1) is 30.1. The van der Waals surface area contributed by atoms with Crippen LogP contribution >= 0.6 is 0 Å². The fourth-order valence-corrected chi connectivity index (χ4v) is 7.44. The number of aryl methyl sites for hydroxylation is 1. The van der Waals surface area contributed by atoms with Gasteiger partial charge in [0.1, 0.15) is 35.7 Å². The van der Waals surface area contributed by atoms with Crippen molar-refractivity contribution < 1.29 is 44.1 Å². The van der Waals surface area contributed by atoms with Gasteiger partial charge in [0, 0.05) is 36.7 Å². The second-order valence-corrected chi connectivity index (χ2v) is 16.1. The molecule has 4 aromatic carbocycles. The molecule has 5 atom stereocenters. The van der Waals surface area contributed by atoms with E-state index >= 15 is 0 Å². The van der Waals surface area contributed by atoms with Crippen molar-refractivity contribution in [2.24, 2.45) is 11.7 Å². The molecule has 5 amide bonds. The molecule has 1 unspecified atom stereocenters. The number of unbranched alkanes of at least 4 members (excludes halogenated alkanes) is 2. The van der Waals surface area contributed by atoms with Gasteiger partial charge in [-0.15, -0.1) is 0 Å². The van der Waals surface area contributed by atoms with Gasteiger partial charge in [-0.3, -0.25) is 24.0 Å². The highest BCUT2D eigenvalue weighted by atomic mass is 16.4. The topological polar surface area (TPSA) is 240 Å². The molecule has 0 spiro atoms. The Morgan fingerprint density at radius 1 is 0.841 bits per heavy atom. The van der Waals surface area contributed by atoms with Gasteiger partial charge >= 0.3 is 5.97 Å². The van der Waals surface area contributed by atoms with Gasteiger partial charge in [-0.05, 0) is 110 Å². The molecular weight excluding hydrogens is 805 g/mol. The molecule has 334 valence electrons. The summed E-state index contributed by atoms with van der Waals surface area (Å²) in [6.45, 7) is 5.44. The van der Waals surface area contributed by atoms with E-state index in [1.54, 1.807) is 19.1 Å². The minimum atomic E-state index is -1.45. The third-order valence-corrected chi connectivity index (χ3v) is 11.3. The quantitative estimate of drug-likeness (QED) is 0.0730. The second-order valence-electron chi connectivity index (χ2n) is 16.1. The number of carbonyl (C=O) groups is 6. The van der Waals surface area contributed by atoms with Crippen molar-refractivity contribution in [1.29, 1.82) is 0 Å². The number of carboxylic acids is 1. The number of phenolic OH excluding ortho intramolecular Hbond substituents is 2. The van der Waals surface area contributed by atoms with Crippen LogP contribution < -0.4 is 27.0 Å². The van der Waals surface area contributed by atoms with Crippen molar-refractivity contribution in [3.8, 4) is 33.8 Å². The number of nitrogens with one attached hydrogen (secondary N) is 4. The fraction of sp³-hybridized carbons (Fsp3) is 0.375. The van der Waals surface area contributed by atoms with Crippen LogP contribution in [-0.4, -0.2) is 94.0 Å². The first kappa shape index (κ1) is 47.3. The summed E-state index contributed by atoms with van der Waals surface area (Å²) in [7, 11) is 1.37. The van der Waals surface area contributed by atoms with E-state index in [9.17, 15) is 44.1 Å². The molecule has 9 N–H and O–H groups in total. The summed E-state index contributed by atoms with van der Waals surface area (Å²) >= 11 is 0. The first-order valence-electron chi connectivity index (χ1n) is 21.3. The van der Waals surface area contributed by atoms with Gasteiger partial charge in [-0.25, -0.2) is 4.79 Å². The van der Waals surface area contributed by atoms with Crippen LogP contribution in [0.25, 0.3) is 22.3 Å². The van der Waals surface area contributed by atoms with Crippen LogP contribution in [0.1, 0.15) is 86.0 Å². The Morgan fingerprint density at radius 2 is 1.48 bits per heavy atom. The second kappa shape index (κ2) is 21.9. The molecule has 0 saturated heterocycles. The van der Waals surface area contributed by atoms with Crippen molar-refractivity contribution >= 4 is 35.5 Å². The van der Waals surface area contributed by atoms with E-state index in [1.165, 1.54) is 55.9 Å². The minimum Gasteiger partial charge on any atom is -0.507 e. The monoisotopic (exact) mass is 862 g/mol. The Kier molecular flexibility index (Phi) is 16.4. The predicted octanol–water partition coefficient (Wildman–Crippen LogP) is 4.58. The van der Waals surface area contributed by atoms with Crippen molar-refractivity contribution in [1.82, 2.24) is 26.2 Å². The van der Waals surface area contributed by atoms with Gasteiger partial charge in [0.2, 0.25) is 23.6 Å². The average molecular weight is 863 g/mol. The summed E-state index contributed by atoms with van der Waals surface area (Å²) in [5.74, 6) is -5.79. The van der Waals surface area contributed by atoms with Crippen LogP contribution in [0.15, 0.2) is 84.9 Å². The third-order valence-electron chi connectivity index (χ3n) is 11.3. The molecule has 0 fully saturated rings. The molecule has 1 heterocycles. The maximum atomic E-state index is 14.5. The van der Waals surface area contributed by atoms with E-state index in [1.807, 2.05) is 12.1 Å². The summed E-state index contributed by atoms with van der Waals surface area (Å²) < 4.78 is 0. The molecule has 63 heavy (non-hydrogen) atoms. The highest BCUT2D eigenvalue weighted by molar-refractivity contribution is 5.97. The lowest BCUT2D eigenvalue weighted by Crippen LogP contribution is -2.55. The Labute approximate surface area is 367 Å². The van der Waals surface area contributed by atoms with Crippen LogP contribution in [0, 0.1) is 5.92 Å². The predicted molar refractivity (Wildman–Crippen MR) is 238 cm³/mol. The van der Waals surface area contributed by atoms with Crippen molar-refractivity contribution in [3.05, 3.63) is 107 Å². The molecule has 0 aromatic heterocycles. The van der Waals surface area contributed by atoms with Crippen LogP contribution in [0.5, 0.6) is 11.5 Å². The molecule has 15 nitrogen and oxygen atoms in total. The maximum absolute atomic E-state index is 14.5. The molecule has 1 aliphatic heterocycles. The molecule has 4 bridgehead atoms. The number of fused-ring (bicyclic) bond motifs is 5. The highest BCUT2D eigenvalue weighted by Gasteiger charge is 2.36. The Balaban J connectivity index is 1.34. The number of benzene rings is 4. The lowest BCUT2D eigenvalue weighted by Gasteiger charge is -2.33. The number of hydrogen-bond acceptors (Lipinski definition) is 9. The summed E-state index contributed by atoms with van der Waals surface area (Å²) in [5, 5.41) is 42.4. The number of likely N-dealkylation sites (N-methyl/N-ethyl adjacent to an activating group) is 1. The Hall–Kier alpha value is -6.74. The fourth-order valence-electron chi connectivity index (χ4n) is 7.44. The largest absolute Gasteiger partial charge is 0.507 e. The number of hydrogen-bond donors (Lipinski definition) is 8. The van der Waals surface area contributed by atoms with Crippen molar-refractivity contribution in [3.63, 3.8) is 0 Å². The molecule has 0 aliphatic carbocycles. The number of nitrogens with zero attached hydrogens (tertiary/aromatic N) is 1. The molecule has 0 saturated carbocycles. The highest BCUT2D eigenvalue weighted by Crippen LogP contribution is 2.39. The number of nitrogens with two attached hydrogens (primary N) is 1. The Bertz CT molecular complexity index is 2280. The van der Waals surface area contributed by atoms with Gasteiger partial charge in [-0.2, -0.15) is 0 Å². The van der Waals surface area contributed by atoms with E-state index in [4.69, 9.17) is 5.73 Å². The third kappa shape index (κ3) is 12.2. The minimum absolute atomic E-state index is 0.0385. The number of rotatable bonds is 16. The number of carboxylic acid groups (broad SMARTS) is 1.